The summed E-state index contributed by atoms with van der Waals surface area (Å²) in [5.74, 6) is 2.95. The van der Waals surface area contributed by atoms with Crippen molar-refractivity contribution in [3.8, 4) is 5.75 Å². The number of nitrogens with one attached hydrogen (secondary N) is 3. The molecule has 7 nitrogen and oxygen atoms in total. The van der Waals surface area contributed by atoms with E-state index in [1.54, 1.807) is 37.3 Å². The average Bonchev–Trinajstić information content (AvgIpc) is 3.36. The van der Waals surface area contributed by atoms with Crippen molar-refractivity contribution in [2.24, 2.45) is 4.99 Å². The van der Waals surface area contributed by atoms with Gasteiger partial charge in [-0.15, -0.1) is 0 Å². The number of nitrogens with zero attached hydrogens (tertiary/aromatic N) is 2. The minimum atomic E-state index is -0.171. The minimum Gasteiger partial charge on any atom is -0.497 e. The van der Waals surface area contributed by atoms with Crippen LogP contribution in [0.25, 0.3) is 0 Å². The van der Waals surface area contributed by atoms with E-state index >= 15 is 0 Å². The van der Waals surface area contributed by atoms with Crippen molar-refractivity contribution in [3.63, 3.8) is 0 Å². The molecule has 1 aromatic heterocycles. The Kier molecular flexibility index (Phi) is 9.67. The van der Waals surface area contributed by atoms with Crippen LogP contribution >= 0.6 is 11.8 Å². The van der Waals surface area contributed by atoms with E-state index in [1.165, 1.54) is 5.56 Å². The molecule has 3 aromatic rings. The van der Waals surface area contributed by atoms with Crippen LogP contribution in [0, 0.1) is 0 Å². The number of carbonyl (C=O) groups is 1. The number of H-pyrrole nitrogens is 1. The summed E-state index contributed by atoms with van der Waals surface area (Å²) >= 11 is 1.80. The van der Waals surface area contributed by atoms with Gasteiger partial charge in [0, 0.05) is 29.8 Å². The van der Waals surface area contributed by atoms with Gasteiger partial charge in [-0.2, -0.15) is 11.8 Å². The van der Waals surface area contributed by atoms with Crippen LogP contribution in [0.1, 0.15) is 28.0 Å². The molecular formula is C24H29N5O2S. The molecule has 8 heteroatoms. The van der Waals surface area contributed by atoms with Gasteiger partial charge in [0.1, 0.15) is 5.75 Å². The first-order valence-electron chi connectivity index (χ1n) is 10.6. The molecule has 1 heterocycles. The van der Waals surface area contributed by atoms with Gasteiger partial charge in [-0.05, 0) is 42.7 Å². The lowest BCUT2D eigenvalue weighted by Crippen LogP contribution is -2.41. The first kappa shape index (κ1) is 23.4. The number of hydrogen-bond donors (Lipinski definition) is 3. The molecule has 0 saturated heterocycles. The third kappa shape index (κ3) is 8.11. The fourth-order valence-electron chi connectivity index (χ4n) is 2.95. The van der Waals surface area contributed by atoms with Crippen molar-refractivity contribution in [2.45, 2.75) is 18.6 Å². The number of rotatable bonds is 11. The smallest absolute Gasteiger partial charge is 0.257 e. The minimum absolute atomic E-state index is 0.171. The standard InChI is InChI=1S/C24H29N5O2S/c1-31-22-11-9-19(10-12-22)17-32-15-14-27-24(26-13-5-8-21-16-25-18-28-21)29-23(30)20-6-3-2-4-7-20/h2-4,6-7,9-12,16,18H,5,8,13-15,17H2,1H3,(H,25,28)(H2,26,27,29,30). The molecule has 0 aliphatic carbocycles. The Morgan fingerprint density at radius 3 is 2.69 bits per heavy atom. The topological polar surface area (TPSA) is 91.4 Å². The number of guanidine groups is 1. The van der Waals surface area contributed by atoms with E-state index in [1.807, 2.05) is 36.5 Å². The molecule has 1 amide bonds. The zero-order valence-electron chi connectivity index (χ0n) is 18.2. The number of aromatic nitrogens is 2. The van der Waals surface area contributed by atoms with Crippen LogP contribution in [0.2, 0.25) is 0 Å². The largest absolute Gasteiger partial charge is 0.497 e. The van der Waals surface area contributed by atoms with Crippen molar-refractivity contribution in [3.05, 3.63) is 83.9 Å². The maximum Gasteiger partial charge on any atom is 0.257 e. The second-order valence-corrected chi connectivity index (χ2v) is 8.15. The number of hydrogen-bond acceptors (Lipinski definition) is 5. The second kappa shape index (κ2) is 13.2. The lowest BCUT2D eigenvalue weighted by Gasteiger charge is -2.12. The molecule has 2 aromatic carbocycles. The van der Waals surface area contributed by atoms with Crippen molar-refractivity contribution < 1.29 is 9.53 Å². The highest BCUT2D eigenvalue weighted by Crippen LogP contribution is 2.16. The molecule has 0 aliphatic heterocycles. The van der Waals surface area contributed by atoms with Gasteiger partial charge in [0.25, 0.3) is 5.91 Å². The zero-order valence-corrected chi connectivity index (χ0v) is 19.0. The predicted octanol–water partition coefficient (Wildman–Crippen LogP) is 3.66. The van der Waals surface area contributed by atoms with Gasteiger partial charge in [-0.3, -0.25) is 15.1 Å². The maximum atomic E-state index is 12.5. The summed E-state index contributed by atoms with van der Waals surface area (Å²) in [5.41, 5.74) is 2.87. The van der Waals surface area contributed by atoms with E-state index in [2.05, 4.69) is 37.7 Å². The number of benzene rings is 2. The van der Waals surface area contributed by atoms with Gasteiger partial charge in [0.15, 0.2) is 5.96 Å². The maximum absolute atomic E-state index is 12.5. The van der Waals surface area contributed by atoms with Crippen LogP contribution in [-0.2, 0) is 12.2 Å². The molecule has 168 valence electrons. The highest BCUT2D eigenvalue weighted by atomic mass is 32.2. The van der Waals surface area contributed by atoms with E-state index in [0.717, 1.165) is 35.8 Å². The van der Waals surface area contributed by atoms with Crippen molar-refractivity contribution in [2.75, 3.05) is 26.0 Å². The fourth-order valence-corrected chi connectivity index (χ4v) is 3.74. The molecule has 3 N–H and O–H groups in total. The van der Waals surface area contributed by atoms with E-state index in [9.17, 15) is 4.79 Å². The number of aryl methyl sites for hydroxylation is 1. The van der Waals surface area contributed by atoms with Gasteiger partial charge in [-0.1, -0.05) is 30.3 Å². The van der Waals surface area contributed by atoms with Crippen molar-refractivity contribution in [1.82, 2.24) is 20.6 Å². The van der Waals surface area contributed by atoms with Gasteiger partial charge in [-0.25, -0.2) is 4.98 Å². The molecule has 0 saturated carbocycles. The van der Waals surface area contributed by atoms with Crippen LogP contribution in [0.15, 0.2) is 72.1 Å². The fraction of sp³-hybridized carbons (Fsp3) is 0.292. The van der Waals surface area contributed by atoms with E-state index in [4.69, 9.17) is 4.74 Å². The summed E-state index contributed by atoms with van der Waals surface area (Å²) in [4.78, 5) is 24.3. The molecule has 0 spiro atoms. The summed E-state index contributed by atoms with van der Waals surface area (Å²) in [6.07, 6.45) is 5.32. The Balaban J connectivity index is 1.47. The summed E-state index contributed by atoms with van der Waals surface area (Å²) in [6, 6.07) is 17.2. The Bertz CT molecular complexity index is 960. The Morgan fingerprint density at radius 2 is 1.97 bits per heavy atom. The number of thioether (sulfide) groups is 1. The number of amides is 1. The van der Waals surface area contributed by atoms with Crippen LogP contribution in [-0.4, -0.2) is 47.8 Å². The average molecular weight is 452 g/mol. The molecule has 0 atom stereocenters. The molecule has 0 aliphatic rings. The van der Waals surface area contributed by atoms with E-state index < -0.39 is 0 Å². The van der Waals surface area contributed by atoms with Gasteiger partial charge in [0.05, 0.1) is 25.7 Å². The van der Waals surface area contributed by atoms with Crippen LogP contribution in [0.4, 0.5) is 0 Å². The van der Waals surface area contributed by atoms with Crippen LogP contribution < -0.4 is 15.4 Å². The molecule has 0 radical (unpaired) electrons. The molecule has 0 unspecified atom stereocenters. The van der Waals surface area contributed by atoms with Crippen LogP contribution in [0.5, 0.6) is 5.75 Å². The van der Waals surface area contributed by atoms with Crippen molar-refractivity contribution >= 4 is 23.6 Å². The van der Waals surface area contributed by atoms with Gasteiger partial charge < -0.3 is 15.0 Å². The third-order valence-electron chi connectivity index (χ3n) is 4.66. The predicted molar refractivity (Wildman–Crippen MR) is 130 cm³/mol. The van der Waals surface area contributed by atoms with Crippen molar-refractivity contribution in [1.29, 1.82) is 0 Å². The van der Waals surface area contributed by atoms with Crippen LogP contribution in [0.3, 0.4) is 0 Å². The first-order chi connectivity index (χ1) is 15.7. The summed E-state index contributed by atoms with van der Waals surface area (Å²) in [5, 5.41) is 6.16. The Labute approximate surface area is 193 Å². The van der Waals surface area contributed by atoms with Gasteiger partial charge >= 0.3 is 0 Å². The lowest BCUT2D eigenvalue weighted by molar-refractivity contribution is 0.0975. The normalized spacial score (nSPS) is 11.2. The molecule has 0 fully saturated rings. The molecule has 0 bridgehead atoms. The van der Waals surface area contributed by atoms with E-state index in [-0.39, 0.29) is 5.91 Å². The molecular weight excluding hydrogens is 422 g/mol. The summed E-state index contributed by atoms with van der Waals surface area (Å²) < 4.78 is 5.19. The molecule has 32 heavy (non-hydrogen) atoms. The quantitative estimate of drug-likeness (QED) is 0.235. The first-order valence-corrected chi connectivity index (χ1v) is 11.7. The number of ether oxygens (including phenoxy) is 1. The monoisotopic (exact) mass is 451 g/mol. The summed E-state index contributed by atoms with van der Waals surface area (Å²) in [7, 11) is 1.67. The SMILES string of the molecule is COc1ccc(CSCC/N=C(/NCCCc2c[nH]cn2)NC(=O)c2ccccc2)cc1. The Hall–Kier alpha value is -3.26. The highest BCUT2D eigenvalue weighted by molar-refractivity contribution is 7.98. The lowest BCUT2D eigenvalue weighted by atomic mass is 10.2. The number of imidazole rings is 1. The summed E-state index contributed by atoms with van der Waals surface area (Å²) in [6.45, 7) is 1.30. The zero-order chi connectivity index (χ0) is 22.4. The number of aliphatic imine (C=N–C) groups is 1. The molecule has 3 rings (SSSR count). The number of aromatic amines is 1. The van der Waals surface area contributed by atoms with E-state index in [0.29, 0.717) is 24.6 Å². The number of carbonyl (C=O) groups excluding carboxylic acids is 1. The number of methoxy groups -OCH3 is 1. The van der Waals surface area contributed by atoms with Gasteiger partial charge in [0.2, 0.25) is 0 Å². The Morgan fingerprint density at radius 1 is 1.16 bits per heavy atom. The second-order valence-electron chi connectivity index (χ2n) is 7.04. The third-order valence-corrected chi connectivity index (χ3v) is 5.67. The highest BCUT2D eigenvalue weighted by Gasteiger charge is 2.08.